The summed E-state index contributed by atoms with van der Waals surface area (Å²) in [5, 5.41) is 5.79. The minimum atomic E-state index is -0.280. The van der Waals surface area contributed by atoms with E-state index in [1.165, 1.54) is 4.90 Å². The first-order valence-corrected chi connectivity index (χ1v) is 9.64. The molecule has 2 aromatic heterocycles. The Bertz CT molecular complexity index is 984. The van der Waals surface area contributed by atoms with Gasteiger partial charge in [-0.05, 0) is 37.3 Å². The van der Waals surface area contributed by atoms with E-state index in [4.69, 9.17) is 44.0 Å². The van der Waals surface area contributed by atoms with Crippen LogP contribution in [0, 0.1) is 0 Å². The lowest BCUT2D eigenvalue weighted by Gasteiger charge is -2.14. The summed E-state index contributed by atoms with van der Waals surface area (Å²) in [6.07, 6.45) is 1.74. The topological polar surface area (TPSA) is 60.5 Å². The van der Waals surface area contributed by atoms with Crippen molar-refractivity contribution in [2.24, 2.45) is 0 Å². The van der Waals surface area contributed by atoms with E-state index >= 15 is 0 Å². The van der Waals surface area contributed by atoms with Crippen molar-refractivity contribution in [1.82, 2.24) is 14.7 Å². The molecule has 0 spiro atoms. The highest BCUT2D eigenvalue weighted by atomic mass is 35.5. The Hall–Kier alpha value is -2.15. The van der Waals surface area contributed by atoms with Gasteiger partial charge in [0, 0.05) is 24.8 Å². The molecule has 9 heteroatoms. The fourth-order valence-corrected chi connectivity index (χ4v) is 3.18. The third-order valence-corrected chi connectivity index (χ3v) is 4.83. The van der Waals surface area contributed by atoms with E-state index in [2.05, 4.69) is 5.10 Å². The average Bonchev–Trinajstić information content (AvgIpc) is 3.27. The second kappa shape index (κ2) is 8.90. The number of hydrogen-bond acceptors (Lipinski definition) is 4. The Balaban J connectivity index is 1.62. The van der Waals surface area contributed by atoms with Gasteiger partial charge in [-0.3, -0.25) is 9.48 Å². The second-order valence-corrected chi connectivity index (χ2v) is 7.32. The lowest BCUT2D eigenvalue weighted by atomic mass is 10.3. The van der Waals surface area contributed by atoms with Crippen molar-refractivity contribution in [2.45, 2.75) is 26.6 Å². The van der Waals surface area contributed by atoms with Crippen LogP contribution in [0.25, 0.3) is 0 Å². The molecule has 0 aliphatic carbocycles. The molecule has 0 bridgehead atoms. The third kappa shape index (κ3) is 4.82. The summed E-state index contributed by atoms with van der Waals surface area (Å²) in [7, 11) is 1.66. The predicted molar refractivity (Wildman–Crippen MR) is 108 cm³/mol. The first kappa shape index (κ1) is 20.6. The van der Waals surface area contributed by atoms with Crippen LogP contribution in [0.3, 0.4) is 0 Å². The molecule has 28 heavy (non-hydrogen) atoms. The molecule has 6 nitrogen and oxygen atoms in total. The molecule has 0 N–H and O–H groups in total. The summed E-state index contributed by atoms with van der Waals surface area (Å²) in [6.45, 7) is 3.07. The monoisotopic (exact) mass is 441 g/mol. The Labute approximate surface area is 177 Å². The summed E-state index contributed by atoms with van der Waals surface area (Å²) in [6, 6.07) is 8.23. The number of aromatic nitrogens is 2. The summed E-state index contributed by atoms with van der Waals surface area (Å²) < 4.78 is 12.9. The quantitative estimate of drug-likeness (QED) is 0.498. The lowest BCUT2D eigenvalue weighted by molar-refractivity contribution is 0.0747. The summed E-state index contributed by atoms with van der Waals surface area (Å²) in [5.41, 5.74) is 0.631. The number of nitrogens with zero attached hydrogens (tertiary/aromatic N) is 3. The molecule has 0 aliphatic rings. The van der Waals surface area contributed by atoms with Gasteiger partial charge in [0.2, 0.25) is 0 Å². The number of carbonyl (C=O) groups excluding carboxylic acids is 1. The SMILES string of the molecule is CCn1cc(Cl)c(CN(C)C(=O)c2ccc(COc3ccc(Cl)cc3Cl)o2)n1. The van der Waals surface area contributed by atoms with Gasteiger partial charge in [-0.1, -0.05) is 34.8 Å². The van der Waals surface area contributed by atoms with Crippen LogP contribution in [-0.4, -0.2) is 27.6 Å². The van der Waals surface area contributed by atoms with Crippen LogP contribution in [0.15, 0.2) is 40.9 Å². The van der Waals surface area contributed by atoms with E-state index in [1.807, 2.05) is 6.92 Å². The number of hydrogen-bond donors (Lipinski definition) is 0. The summed E-state index contributed by atoms with van der Waals surface area (Å²) in [5.74, 6) is 0.900. The van der Waals surface area contributed by atoms with Crippen molar-refractivity contribution in [3.05, 3.63) is 68.8 Å². The van der Waals surface area contributed by atoms with Crippen molar-refractivity contribution in [2.75, 3.05) is 7.05 Å². The van der Waals surface area contributed by atoms with Gasteiger partial charge in [-0.15, -0.1) is 0 Å². The molecule has 2 heterocycles. The summed E-state index contributed by atoms with van der Waals surface area (Å²) in [4.78, 5) is 14.1. The highest BCUT2D eigenvalue weighted by Gasteiger charge is 2.19. The lowest BCUT2D eigenvalue weighted by Crippen LogP contribution is -2.26. The zero-order valence-electron chi connectivity index (χ0n) is 15.3. The highest BCUT2D eigenvalue weighted by Crippen LogP contribution is 2.28. The maximum Gasteiger partial charge on any atom is 0.289 e. The van der Waals surface area contributed by atoms with Crippen LogP contribution < -0.4 is 4.74 Å². The number of furan rings is 1. The molecule has 1 aromatic carbocycles. The van der Waals surface area contributed by atoms with Crippen LogP contribution in [0.5, 0.6) is 5.75 Å². The molecule has 0 radical (unpaired) electrons. The number of halogens is 3. The number of rotatable bonds is 7. The predicted octanol–water partition coefficient (Wildman–Crippen LogP) is 5.31. The molecule has 3 rings (SSSR count). The molecule has 0 saturated heterocycles. The molecule has 3 aromatic rings. The van der Waals surface area contributed by atoms with Gasteiger partial charge in [-0.25, -0.2) is 0 Å². The van der Waals surface area contributed by atoms with Crippen LogP contribution in [0.4, 0.5) is 0 Å². The van der Waals surface area contributed by atoms with E-state index in [0.29, 0.717) is 38.8 Å². The molecule has 1 amide bonds. The minimum absolute atomic E-state index is 0.130. The third-order valence-electron chi connectivity index (χ3n) is 3.98. The second-order valence-electron chi connectivity index (χ2n) is 6.07. The normalized spacial score (nSPS) is 10.9. The minimum Gasteiger partial charge on any atom is -0.484 e. The van der Waals surface area contributed by atoms with Gasteiger partial charge < -0.3 is 14.1 Å². The molecular weight excluding hydrogens is 425 g/mol. The largest absolute Gasteiger partial charge is 0.484 e. The molecule has 0 aliphatic heterocycles. The maximum atomic E-state index is 12.6. The van der Waals surface area contributed by atoms with Crippen LogP contribution in [0.2, 0.25) is 15.1 Å². The summed E-state index contributed by atoms with van der Waals surface area (Å²) >= 11 is 18.1. The molecule has 0 atom stereocenters. The number of benzene rings is 1. The zero-order valence-corrected chi connectivity index (χ0v) is 17.6. The van der Waals surface area contributed by atoms with Crippen LogP contribution >= 0.6 is 34.8 Å². The van der Waals surface area contributed by atoms with E-state index in [-0.39, 0.29) is 24.8 Å². The number of carbonyl (C=O) groups is 1. The Kier molecular flexibility index (Phi) is 6.54. The average molecular weight is 443 g/mol. The van der Waals surface area contributed by atoms with Gasteiger partial charge >= 0.3 is 0 Å². The standard InChI is InChI=1S/C19H18Cl3N3O3/c1-3-25-9-15(22)16(23-25)10-24(2)19(26)18-7-5-13(28-18)11-27-17-6-4-12(20)8-14(17)21/h4-9H,3,10-11H2,1-2H3. The van der Waals surface area contributed by atoms with Crippen molar-refractivity contribution < 1.29 is 13.9 Å². The van der Waals surface area contributed by atoms with E-state index in [9.17, 15) is 4.79 Å². The molecular formula is C19H18Cl3N3O3. The molecule has 148 valence electrons. The van der Waals surface area contributed by atoms with Gasteiger partial charge in [0.25, 0.3) is 5.91 Å². The highest BCUT2D eigenvalue weighted by molar-refractivity contribution is 6.35. The number of aryl methyl sites for hydroxylation is 1. The first-order chi connectivity index (χ1) is 13.4. The van der Waals surface area contributed by atoms with E-state index in [0.717, 1.165) is 0 Å². The van der Waals surface area contributed by atoms with Crippen molar-refractivity contribution in [3.63, 3.8) is 0 Å². The van der Waals surface area contributed by atoms with Gasteiger partial charge in [0.15, 0.2) is 5.76 Å². The molecule has 0 saturated carbocycles. The van der Waals surface area contributed by atoms with Crippen molar-refractivity contribution in [1.29, 1.82) is 0 Å². The molecule has 0 fully saturated rings. The zero-order chi connectivity index (χ0) is 20.3. The Morgan fingerprint density at radius 1 is 1.21 bits per heavy atom. The Morgan fingerprint density at radius 2 is 2.00 bits per heavy atom. The van der Waals surface area contributed by atoms with Crippen molar-refractivity contribution >= 4 is 40.7 Å². The van der Waals surface area contributed by atoms with E-state index < -0.39 is 0 Å². The fourth-order valence-electron chi connectivity index (χ4n) is 2.50. The first-order valence-electron chi connectivity index (χ1n) is 8.51. The van der Waals surface area contributed by atoms with E-state index in [1.54, 1.807) is 48.3 Å². The maximum absolute atomic E-state index is 12.6. The fraction of sp³-hybridized carbons (Fsp3) is 0.263. The number of ether oxygens (including phenoxy) is 1. The van der Waals surface area contributed by atoms with Gasteiger partial charge in [0.1, 0.15) is 23.8 Å². The van der Waals surface area contributed by atoms with Crippen molar-refractivity contribution in [3.8, 4) is 5.75 Å². The molecule has 0 unspecified atom stereocenters. The van der Waals surface area contributed by atoms with Gasteiger partial charge in [-0.2, -0.15) is 5.10 Å². The van der Waals surface area contributed by atoms with Crippen LogP contribution in [0.1, 0.15) is 28.9 Å². The smallest absolute Gasteiger partial charge is 0.289 e. The van der Waals surface area contributed by atoms with Gasteiger partial charge in [0.05, 0.1) is 16.6 Å². The Morgan fingerprint density at radius 3 is 2.68 bits per heavy atom. The van der Waals surface area contributed by atoms with Crippen LogP contribution in [-0.2, 0) is 19.7 Å². The number of amides is 1.